The second kappa shape index (κ2) is 9.16. The molecule has 7 nitrogen and oxygen atoms in total. The van der Waals surface area contributed by atoms with Gasteiger partial charge in [-0.3, -0.25) is 19.5 Å². The van der Waals surface area contributed by atoms with Crippen molar-refractivity contribution in [1.82, 2.24) is 4.98 Å². The topological polar surface area (TPSA) is 89.0 Å². The number of pyridine rings is 1. The van der Waals surface area contributed by atoms with Crippen molar-refractivity contribution in [1.29, 1.82) is 0 Å². The number of rotatable bonds is 6. The molecule has 1 aliphatic rings. The van der Waals surface area contributed by atoms with Crippen LogP contribution in [0.2, 0.25) is 0 Å². The number of benzene rings is 2. The molecule has 0 saturated carbocycles. The number of amides is 1. The number of carbonyl (C=O) groups excluding carboxylic acids is 2. The van der Waals surface area contributed by atoms with Gasteiger partial charge in [0.25, 0.3) is 11.7 Å². The SMILES string of the molecule is CCOc1ccc(/C(O)=C2\C(=O)C(=O)N(c3cccc(OC)c3)C2c2ccncc2)cc1C. The number of hydrogen-bond acceptors (Lipinski definition) is 6. The number of carbonyl (C=O) groups is 2. The third kappa shape index (κ3) is 4.05. The van der Waals surface area contributed by atoms with Crippen molar-refractivity contribution in [2.24, 2.45) is 0 Å². The van der Waals surface area contributed by atoms with Gasteiger partial charge >= 0.3 is 0 Å². The molecule has 1 amide bonds. The first-order chi connectivity index (χ1) is 16.0. The Morgan fingerprint density at radius 3 is 2.52 bits per heavy atom. The third-order valence-electron chi connectivity index (χ3n) is 5.55. The fourth-order valence-corrected chi connectivity index (χ4v) is 3.99. The predicted octanol–water partition coefficient (Wildman–Crippen LogP) is 4.42. The Morgan fingerprint density at radius 1 is 1.09 bits per heavy atom. The van der Waals surface area contributed by atoms with Gasteiger partial charge in [-0.05, 0) is 67.4 Å². The van der Waals surface area contributed by atoms with Crippen LogP contribution in [0.4, 0.5) is 5.69 Å². The van der Waals surface area contributed by atoms with E-state index >= 15 is 0 Å². The Hall–Kier alpha value is -4.13. The van der Waals surface area contributed by atoms with Gasteiger partial charge in [0.05, 0.1) is 25.3 Å². The molecule has 0 aliphatic carbocycles. The van der Waals surface area contributed by atoms with E-state index in [1.165, 1.54) is 12.0 Å². The van der Waals surface area contributed by atoms with Gasteiger partial charge in [0, 0.05) is 29.7 Å². The third-order valence-corrected chi connectivity index (χ3v) is 5.55. The number of methoxy groups -OCH3 is 1. The lowest BCUT2D eigenvalue weighted by atomic mass is 9.95. The van der Waals surface area contributed by atoms with Crippen LogP contribution in [0.1, 0.15) is 29.7 Å². The van der Waals surface area contributed by atoms with Crippen LogP contribution in [-0.4, -0.2) is 35.5 Å². The van der Waals surface area contributed by atoms with Gasteiger partial charge in [0.1, 0.15) is 17.3 Å². The molecule has 1 aromatic heterocycles. The van der Waals surface area contributed by atoms with Crippen LogP contribution in [0.25, 0.3) is 5.76 Å². The lowest BCUT2D eigenvalue weighted by molar-refractivity contribution is -0.132. The van der Waals surface area contributed by atoms with Gasteiger partial charge in [0.2, 0.25) is 0 Å². The van der Waals surface area contributed by atoms with Gasteiger partial charge < -0.3 is 14.6 Å². The molecule has 33 heavy (non-hydrogen) atoms. The molecule has 3 aromatic rings. The second-order valence-corrected chi connectivity index (χ2v) is 7.56. The van der Waals surface area contributed by atoms with Crippen LogP contribution in [0.3, 0.4) is 0 Å². The van der Waals surface area contributed by atoms with Crippen molar-refractivity contribution >= 4 is 23.1 Å². The Labute approximate surface area is 191 Å². The van der Waals surface area contributed by atoms with E-state index in [-0.39, 0.29) is 11.3 Å². The Kier molecular flexibility index (Phi) is 6.13. The summed E-state index contributed by atoms with van der Waals surface area (Å²) in [5.74, 6) is -0.494. The number of Topliss-reactive ketones (excluding diaryl/α,β-unsaturated/α-hetero) is 1. The van der Waals surface area contributed by atoms with E-state index in [4.69, 9.17) is 9.47 Å². The van der Waals surface area contributed by atoms with E-state index in [0.29, 0.717) is 34.9 Å². The van der Waals surface area contributed by atoms with Crippen molar-refractivity contribution in [3.8, 4) is 11.5 Å². The van der Waals surface area contributed by atoms with E-state index in [1.807, 2.05) is 13.8 Å². The molecule has 4 rings (SSSR count). The molecule has 1 N–H and O–H groups in total. The van der Waals surface area contributed by atoms with Crippen molar-refractivity contribution < 1.29 is 24.2 Å². The summed E-state index contributed by atoms with van der Waals surface area (Å²) < 4.78 is 10.9. The minimum Gasteiger partial charge on any atom is -0.507 e. The van der Waals surface area contributed by atoms with Crippen LogP contribution < -0.4 is 14.4 Å². The Balaban J connectivity index is 1.90. The van der Waals surface area contributed by atoms with Gasteiger partial charge in [-0.1, -0.05) is 6.07 Å². The van der Waals surface area contributed by atoms with Gasteiger partial charge in [-0.25, -0.2) is 0 Å². The number of aliphatic hydroxyl groups excluding tert-OH is 1. The maximum atomic E-state index is 13.2. The van der Waals surface area contributed by atoms with Crippen LogP contribution in [0, 0.1) is 6.92 Å². The lowest BCUT2D eigenvalue weighted by Gasteiger charge is -2.25. The molecule has 2 aromatic carbocycles. The second-order valence-electron chi connectivity index (χ2n) is 7.56. The molecule has 0 spiro atoms. The summed E-state index contributed by atoms with van der Waals surface area (Å²) in [4.78, 5) is 31.8. The van der Waals surface area contributed by atoms with Gasteiger partial charge in [-0.15, -0.1) is 0 Å². The molecular weight excluding hydrogens is 420 g/mol. The molecule has 7 heteroatoms. The van der Waals surface area contributed by atoms with E-state index in [9.17, 15) is 14.7 Å². The summed E-state index contributed by atoms with van der Waals surface area (Å²) in [5.41, 5.74) is 2.39. The van der Waals surface area contributed by atoms with Crippen LogP contribution in [0.15, 0.2) is 72.6 Å². The molecular formula is C26H24N2O5. The van der Waals surface area contributed by atoms with Crippen LogP contribution in [0.5, 0.6) is 11.5 Å². The lowest BCUT2D eigenvalue weighted by Crippen LogP contribution is -2.29. The van der Waals surface area contributed by atoms with Crippen LogP contribution >= 0.6 is 0 Å². The number of aromatic nitrogens is 1. The zero-order chi connectivity index (χ0) is 23.5. The average molecular weight is 444 g/mol. The van der Waals surface area contributed by atoms with Gasteiger partial charge in [-0.2, -0.15) is 0 Å². The molecule has 1 aliphatic heterocycles. The maximum Gasteiger partial charge on any atom is 0.300 e. The van der Waals surface area contributed by atoms with Crippen LogP contribution in [-0.2, 0) is 9.59 Å². The monoisotopic (exact) mass is 444 g/mol. The zero-order valence-corrected chi connectivity index (χ0v) is 18.6. The highest BCUT2D eigenvalue weighted by atomic mass is 16.5. The fraction of sp³-hybridized carbons (Fsp3) is 0.192. The molecule has 1 atom stereocenters. The quantitative estimate of drug-likeness (QED) is 0.344. The number of ketones is 1. The average Bonchev–Trinajstić information content (AvgIpc) is 3.11. The smallest absolute Gasteiger partial charge is 0.300 e. The van der Waals surface area contributed by atoms with E-state index in [0.717, 1.165) is 5.56 Å². The molecule has 168 valence electrons. The highest BCUT2D eigenvalue weighted by Crippen LogP contribution is 2.42. The molecule has 0 bridgehead atoms. The summed E-state index contributed by atoms with van der Waals surface area (Å²) >= 11 is 0. The maximum absolute atomic E-state index is 13.2. The fourth-order valence-electron chi connectivity index (χ4n) is 3.99. The first kappa shape index (κ1) is 22.1. The first-order valence-corrected chi connectivity index (χ1v) is 10.5. The number of aryl methyl sites for hydroxylation is 1. The van der Waals surface area contributed by atoms with E-state index in [2.05, 4.69) is 4.98 Å². The van der Waals surface area contributed by atoms with Crippen molar-refractivity contribution in [3.05, 3.63) is 89.3 Å². The normalized spacial score (nSPS) is 17.3. The summed E-state index contributed by atoms with van der Waals surface area (Å²) in [6.45, 7) is 4.26. The number of ether oxygens (including phenoxy) is 2. The largest absolute Gasteiger partial charge is 0.507 e. The Morgan fingerprint density at radius 2 is 1.85 bits per heavy atom. The standard InChI is InChI=1S/C26H24N2O5/c1-4-33-21-9-8-18(14-16(21)2)24(29)22-23(17-10-12-27-13-11-17)28(26(31)25(22)30)19-6-5-7-20(15-19)32-3/h5-15,23,29H,4H2,1-3H3/b24-22+. The zero-order valence-electron chi connectivity index (χ0n) is 18.6. The minimum atomic E-state index is -0.827. The van der Waals surface area contributed by atoms with Crippen molar-refractivity contribution in [2.75, 3.05) is 18.6 Å². The molecule has 0 radical (unpaired) electrons. The van der Waals surface area contributed by atoms with Gasteiger partial charge in [0.15, 0.2) is 0 Å². The number of anilines is 1. The van der Waals surface area contributed by atoms with E-state index < -0.39 is 17.7 Å². The summed E-state index contributed by atoms with van der Waals surface area (Å²) in [7, 11) is 1.53. The Bertz CT molecular complexity index is 1240. The molecule has 1 saturated heterocycles. The molecule has 1 unspecified atom stereocenters. The summed E-state index contributed by atoms with van der Waals surface area (Å²) in [6.07, 6.45) is 3.17. The molecule has 2 heterocycles. The summed E-state index contributed by atoms with van der Waals surface area (Å²) in [5, 5.41) is 11.2. The predicted molar refractivity (Wildman–Crippen MR) is 124 cm³/mol. The van der Waals surface area contributed by atoms with E-state index in [1.54, 1.807) is 67.0 Å². The highest BCUT2D eigenvalue weighted by Gasteiger charge is 2.47. The number of nitrogens with zero attached hydrogens (tertiary/aromatic N) is 2. The number of hydrogen-bond donors (Lipinski definition) is 1. The summed E-state index contributed by atoms with van der Waals surface area (Å²) in [6, 6.07) is 14.7. The first-order valence-electron chi connectivity index (χ1n) is 10.5. The minimum absolute atomic E-state index is 0.0116. The number of aliphatic hydroxyl groups is 1. The van der Waals surface area contributed by atoms with Crippen molar-refractivity contribution in [3.63, 3.8) is 0 Å². The highest BCUT2D eigenvalue weighted by molar-refractivity contribution is 6.51. The van der Waals surface area contributed by atoms with Crippen molar-refractivity contribution in [2.45, 2.75) is 19.9 Å². The molecule has 1 fully saturated rings.